The van der Waals surface area contributed by atoms with E-state index in [1.165, 1.54) is 4.31 Å². The number of carbonyl (C=O) groups is 1. The van der Waals surface area contributed by atoms with E-state index in [-0.39, 0.29) is 10.8 Å². The van der Waals surface area contributed by atoms with Gasteiger partial charge in [0, 0.05) is 23.5 Å². The Kier molecular flexibility index (Phi) is 6.24. The Hall–Kier alpha value is -1.43. The number of H-pyrrole nitrogens is 1. The number of sulfonamides is 1. The first-order valence-electron chi connectivity index (χ1n) is 8.35. The van der Waals surface area contributed by atoms with Crippen LogP contribution in [0.2, 0.25) is 0 Å². The van der Waals surface area contributed by atoms with Crippen molar-refractivity contribution in [3.63, 3.8) is 0 Å². The fourth-order valence-corrected chi connectivity index (χ4v) is 5.23. The van der Waals surface area contributed by atoms with E-state index in [1.807, 2.05) is 0 Å². The molecule has 27 heavy (non-hydrogen) atoms. The van der Waals surface area contributed by atoms with Crippen molar-refractivity contribution >= 4 is 43.7 Å². The van der Waals surface area contributed by atoms with Crippen LogP contribution in [0.3, 0.4) is 0 Å². The van der Waals surface area contributed by atoms with Crippen molar-refractivity contribution in [2.75, 3.05) is 13.1 Å². The molecule has 2 aromatic rings. The summed E-state index contributed by atoms with van der Waals surface area (Å²) in [5.74, 6) is -0.170. The molecule has 1 aliphatic rings. The van der Waals surface area contributed by atoms with Crippen LogP contribution in [0, 0.1) is 0 Å². The van der Waals surface area contributed by atoms with E-state index >= 15 is 0 Å². The average Bonchev–Trinajstić information content (AvgIpc) is 3.10. The van der Waals surface area contributed by atoms with Crippen molar-refractivity contribution in [1.82, 2.24) is 19.5 Å². The van der Waals surface area contributed by atoms with Crippen LogP contribution < -0.4 is 0 Å². The SMILES string of the molecule is C[C@H](Sc1n[nH]c(C2CCN(S(=O)(=O)c3ccc(Br)cc3)CC2)n1)C(=O)O. The lowest BCUT2D eigenvalue weighted by molar-refractivity contribution is -0.136. The molecule has 2 heterocycles. The molecule has 0 aliphatic carbocycles. The van der Waals surface area contributed by atoms with Gasteiger partial charge in [-0.3, -0.25) is 9.89 Å². The molecule has 1 atom stereocenters. The van der Waals surface area contributed by atoms with Crippen LogP contribution in [0.4, 0.5) is 0 Å². The van der Waals surface area contributed by atoms with Crippen molar-refractivity contribution in [2.45, 2.75) is 41.0 Å². The van der Waals surface area contributed by atoms with Gasteiger partial charge in [-0.15, -0.1) is 5.10 Å². The van der Waals surface area contributed by atoms with Gasteiger partial charge in [-0.25, -0.2) is 13.4 Å². The number of hydrogen-bond acceptors (Lipinski definition) is 6. The van der Waals surface area contributed by atoms with Crippen LogP contribution in [0.25, 0.3) is 0 Å². The summed E-state index contributed by atoms with van der Waals surface area (Å²) in [6.07, 6.45) is 1.26. The van der Waals surface area contributed by atoms with Crippen LogP contribution in [0.1, 0.15) is 31.5 Å². The molecule has 1 aromatic heterocycles. The molecular weight excluding hydrogens is 456 g/mol. The Morgan fingerprint density at radius 3 is 2.56 bits per heavy atom. The molecule has 0 unspecified atom stereocenters. The first-order valence-corrected chi connectivity index (χ1v) is 11.5. The Morgan fingerprint density at radius 2 is 1.96 bits per heavy atom. The van der Waals surface area contributed by atoms with Crippen LogP contribution in [0.15, 0.2) is 38.8 Å². The molecule has 0 radical (unpaired) electrons. The summed E-state index contributed by atoms with van der Waals surface area (Å²) < 4.78 is 27.8. The lowest BCUT2D eigenvalue weighted by Crippen LogP contribution is -2.38. The summed E-state index contributed by atoms with van der Waals surface area (Å²) in [7, 11) is -3.51. The second kappa shape index (κ2) is 8.29. The largest absolute Gasteiger partial charge is 0.480 e. The zero-order valence-corrected chi connectivity index (χ0v) is 17.7. The lowest BCUT2D eigenvalue weighted by Gasteiger charge is -2.30. The highest BCUT2D eigenvalue weighted by molar-refractivity contribution is 9.10. The van der Waals surface area contributed by atoms with Gasteiger partial charge in [0.1, 0.15) is 11.1 Å². The standard InChI is InChI=1S/C16H19BrN4O4S2/c1-10(15(22)23)26-16-18-14(19-20-16)11-6-8-21(9-7-11)27(24,25)13-4-2-12(17)3-5-13/h2-5,10-11H,6-9H2,1H3,(H,22,23)(H,18,19,20)/t10-/m0/s1. The number of aromatic amines is 1. The molecule has 0 amide bonds. The fraction of sp³-hybridized carbons (Fsp3) is 0.438. The van der Waals surface area contributed by atoms with E-state index in [1.54, 1.807) is 31.2 Å². The number of aromatic nitrogens is 3. The van der Waals surface area contributed by atoms with Gasteiger partial charge in [0.05, 0.1) is 4.90 Å². The third-order valence-electron chi connectivity index (χ3n) is 4.40. The number of aliphatic carboxylic acids is 1. The average molecular weight is 475 g/mol. The number of halogens is 1. The zero-order chi connectivity index (χ0) is 19.6. The molecule has 1 aromatic carbocycles. The van der Waals surface area contributed by atoms with E-state index < -0.39 is 21.2 Å². The third-order valence-corrected chi connectivity index (χ3v) is 7.79. The van der Waals surface area contributed by atoms with E-state index in [0.29, 0.717) is 36.9 Å². The van der Waals surface area contributed by atoms with Gasteiger partial charge in [-0.2, -0.15) is 4.31 Å². The van der Waals surface area contributed by atoms with Crippen LogP contribution in [-0.2, 0) is 14.8 Å². The van der Waals surface area contributed by atoms with Crippen molar-refractivity contribution in [2.24, 2.45) is 0 Å². The summed E-state index contributed by atoms with van der Waals surface area (Å²) in [5.41, 5.74) is 0. The smallest absolute Gasteiger partial charge is 0.316 e. The number of hydrogen-bond donors (Lipinski definition) is 2. The lowest BCUT2D eigenvalue weighted by atomic mass is 9.98. The van der Waals surface area contributed by atoms with Crippen LogP contribution in [-0.4, -0.2) is 57.3 Å². The Balaban J connectivity index is 1.63. The van der Waals surface area contributed by atoms with Crippen LogP contribution in [0.5, 0.6) is 0 Å². The normalized spacial score (nSPS) is 17.7. The molecule has 2 N–H and O–H groups in total. The maximum absolute atomic E-state index is 12.7. The van der Waals surface area contributed by atoms with Crippen molar-refractivity contribution in [3.05, 3.63) is 34.6 Å². The summed E-state index contributed by atoms with van der Waals surface area (Å²) >= 11 is 4.38. The molecule has 0 spiro atoms. The summed E-state index contributed by atoms with van der Waals surface area (Å²) in [6, 6.07) is 6.61. The monoisotopic (exact) mass is 474 g/mol. The molecule has 1 fully saturated rings. The number of nitrogens with zero attached hydrogens (tertiary/aromatic N) is 3. The van der Waals surface area contributed by atoms with Crippen molar-refractivity contribution < 1.29 is 18.3 Å². The van der Waals surface area contributed by atoms with Crippen molar-refractivity contribution in [3.8, 4) is 0 Å². The number of carboxylic acid groups (broad SMARTS) is 1. The van der Waals surface area contributed by atoms with E-state index in [0.717, 1.165) is 16.2 Å². The topological polar surface area (TPSA) is 116 Å². The minimum Gasteiger partial charge on any atom is -0.480 e. The predicted octanol–water partition coefficient (Wildman–Crippen LogP) is 2.70. The Bertz CT molecular complexity index is 909. The van der Waals surface area contributed by atoms with Crippen molar-refractivity contribution in [1.29, 1.82) is 0 Å². The maximum Gasteiger partial charge on any atom is 0.316 e. The number of nitrogens with one attached hydrogen (secondary N) is 1. The number of rotatable bonds is 6. The summed E-state index contributed by atoms with van der Waals surface area (Å²) in [5, 5.41) is 15.7. The summed E-state index contributed by atoms with van der Waals surface area (Å²) in [4.78, 5) is 15.6. The summed E-state index contributed by atoms with van der Waals surface area (Å²) in [6.45, 7) is 2.38. The zero-order valence-electron chi connectivity index (χ0n) is 14.5. The highest BCUT2D eigenvalue weighted by Gasteiger charge is 2.31. The number of carboxylic acids is 1. The number of benzene rings is 1. The Morgan fingerprint density at radius 1 is 1.33 bits per heavy atom. The van der Waals surface area contributed by atoms with E-state index in [2.05, 4.69) is 31.1 Å². The second-order valence-corrected chi connectivity index (χ2v) is 10.4. The highest BCUT2D eigenvalue weighted by Crippen LogP contribution is 2.30. The van der Waals surface area contributed by atoms with Gasteiger partial charge in [-0.1, -0.05) is 27.7 Å². The van der Waals surface area contributed by atoms with E-state index in [9.17, 15) is 13.2 Å². The second-order valence-electron chi connectivity index (χ2n) is 6.23. The highest BCUT2D eigenvalue weighted by atomic mass is 79.9. The fourth-order valence-electron chi connectivity index (χ4n) is 2.83. The molecule has 1 aliphatic heterocycles. The van der Waals surface area contributed by atoms with Gasteiger partial charge in [-0.05, 0) is 44.0 Å². The van der Waals surface area contributed by atoms with Gasteiger partial charge in [0.25, 0.3) is 0 Å². The third kappa shape index (κ3) is 4.71. The molecule has 0 saturated carbocycles. The Labute approximate surface area is 169 Å². The maximum atomic E-state index is 12.7. The van der Waals surface area contributed by atoms with Gasteiger partial charge >= 0.3 is 5.97 Å². The number of thioether (sulfide) groups is 1. The molecular formula is C16H19BrN4O4S2. The molecule has 3 rings (SSSR count). The van der Waals surface area contributed by atoms with Gasteiger partial charge < -0.3 is 5.11 Å². The molecule has 11 heteroatoms. The molecule has 0 bridgehead atoms. The molecule has 1 saturated heterocycles. The van der Waals surface area contributed by atoms with Crippen LogP contribution >= 0.6 is 27.7 Å². The molecule has 8 nitrogen and oxygen atoms in total. The minimum atomic E-state index is -3.51. The molecule has 146 valence electrons. The minimum absolute atomic E-state index is 0.0725. The van der Waals surface area contributed by atoms with E-state index in [4.69, 9.17) is 5.11 Å². The number of piperidine rings is 1. The first kappa shape index (κ1) is 20.3. The van der Waals surface area contributed by atoms with Gasteiger partial charge in [0.2, 0.25) is 15.2 Å². The quantitative estimate of drug-likeness (QED) is 0.617. The van der Waals surface area contributed by atoms with Gasteiger partial charge in [0.15, 0.2) is 0 Å². The predicted molar refractivity (Wildman–Crippen MR) is 104 cm³/mol. The first-order chi connectivity index (χ1) is 12.8.